The van der Waals surface area contributed by atoms with E-state index in [0.717, 1.165) is 10.0 Å². The highest BCUT2D eigenvalue weighted by atomic mass is 79.9. The van der Waals surface area contributed by atoms with Gasteiger partial charge < -0.3 is 4.74 Å². The van der Waals surface area contributed by atoms with Gasteiger partial charge in [0.05, 0.1) is 12.7 Å². The molecule has 0 radical (unpaired) electrons. The van der Waals surface area contributed by atoms with E-state index in [0.29, 0.717) is 5.56 Å². The minimum Gasteiger partial charge on any atom is -0.465 e. The standard InChI is InChI=1S/C9H9BrO2.C2H6/c1-6-3-4-7(5-8(6)10)9(11)12-2;1-2/h3-5H,1-2H3;1-2H3. The molecular formula is C11H15BrO2. The number of methoxy groups -OCH3 is 1. The molecule has 0 amide bonds. The molecule has 0 aliphatic heterocycles. The average molecular weight is 259 g/mol. The maximum absolute atomic E-state index is 11.0. The van der Waals surface area contributed by atoms with Gasteiger partial charge in [0.1, 0.15) is 0 Å². The smallest absolute Gasteiger partial charge is 0.337 e. The van der Waals surface area contributed by atoms with Crippen LogP contribution in [0, 0.1) is 6.92 Å². The first kappa shape index (κ1) is 13.2. The van der Waals surface area contributed by atoms with Crippen LogP contribution in [0.2, 0.25) is 0 Å². The van der Waals surface area contributed by atoms with Gasteiger partial charge in [-0.05, 0) is 24.6 Å². The monoisotopic (exact) mass is 258 g/mol. The zero-order valence-electron chi connectivity index (χ0n) is 8.93. The molecule has 2 nitrogen and oxygen atoms in total. The highest BCUT2D eigenvalue weighted by Gasteiger charge is 2.05. The van der Waals surface area contributed by atoms with Crippen LogP contribution in [0.1, 0.15) is 29.8 Å². The highest BCUT2D eigenvalue weighted by molar-refractivity contribution is 9.10. The van der Waals surface area contributed by atoms with E-state index in [1.54, 1.807) is 12.1 Å². The van der Waals surface area contributed by atoms with Crippen molar-refractivity contribution in [1.82, 2.24) is 0 Å². The second-order valence-electron chi connectivity index (χ2n) is 2.46. The van der Waals surface area contributed by atoms with Crippen molar-refractivity contribution in [2.45, 2.75) is 20.8 Å². The van der Waals surface area contributed by atoms with Crippen molar-refractivity contribution in [2.24, 2.45) is 0 Å². The van der Waals surface area contributed by atoms with Gasteiger partial charge in [0.2, 0.25) is 0 Å². The summed E-state index contributed by atoms with van der Waals surface area (Å²) in [5.74, 6) is -0.310. The van der Waals surface area contributed by atoms with Gasteiger partial charge in [0, 0.05) is 4.47 Å². The molecule has 0 saturated heterocycles. The van der Waals surface area contributed by atoms with Crippen molar-refractivity contribution in [1.29, 1.82) is 0 Å². The molecule has 0 spiro atoms. The van der Waals surface area contributed by atoms with E-state index in [1.807, 2.05) is 26.8 Å². The van der Waals surface area contributed by atoms with Gasteiger partial charge in [-0.1, -0.05) is 35.8 Å². The molecule has 0 aromatic heterocycles. The summed E-state index contributed by atoms with van der Waals surface area (Å²) >= 11 is 3.34. The summed E-state index contributed by atoms with van der Waals surface area (Å²) in [7, 11) is 1.37. The lowest BCUT2D eigenvalue weighted by Gasteiger charge is -2.01. The number of carbonyl (C=O) groups excluding carboxylic acids is 1. The normalized spacial score (nSPS) is 8.64. The summed E-state index contributed by atoms with van der Waals surface area (Å²) in [6.45, 7) is 5.96. The zero-order chi connectivity index (χ0) is 11.1. The van der Waals surface area contributed by atoms with Crippen LogP contribution in [0.25, 0.3) is 0 Å². The SMILES string of the molecule is CC.COC(=O)c1ccc(C)c(Br)c1. The largest absolute Gasteiger partial charge is 0.465 e. The zero-order valence-corrected chi connectivity index (χ0v) is 10.5. The highest BCUT2D eigenvalue weighted by Crippen LogP contribution is 2.17. The third-order valence-corrected chi connectivity index (χ3v) is 2.45. The lowest BCUT2D eigenvalue weighted by atomic mass is 10.1. The number of halogens is 1. The molecular weight excluding hydrogens is 244 g/mol. The minimum absolute atomic E-state index is 0.310. The minimum atomic E-state index is -0.310. The third-order valence-electron chi connectivity index (χ3n) is 1.59. The third kappa shape index (κ3) is 3.50. The van der Waals surface area contributed by atoms with Crippen molar-refractivity contribution in [2.75, 3.05) is 7.11 Å². The van der Waals surface area contributed by atoms with Crippen molar-refractivity contribution >= 4 is 21.9 Å². The predicted octanol–water partition coefficient (Wildman–Crippen LogP) is 3.57. The number of ether oxygens (including phenoxy) is 1. The molecule has 14 heavy (non-hydrogen) atoms. The molecule has 0 aliphatic rings. The first-order valence-corrected chi connectivity index (χ1v) is 5.29. The molecule has 0 atom stereocenters. The molecule has 0 fully saturated rings. The molecule has 1 aromatic rings. The van der Waals surface area contributed by atoms with Crippen LogP contribution in [-0.4, -0.2) is 13.1 Å². The Morgan fingerprint density at radius 1 is 1.36 bits per heavy atom. The number of esters is 1. The lowest BCUT2D eigenvalue weighted by Crippen LogP contribution is -2.00. The van der Waals surface area contributed by atoms with Gasteiger partial charge in [-0.3, -0.25) is 0 Å². The van der Waals surface area contributed by atoms with E-state index >= 15 is 0 Å². The van der Waals surface area contributed by atoms with Crippen LogP contribution in [0.15, 0.2) is 22.7 Å². The first-order chi connectivity index (χ1) is 6.65. The van der Waals surface area contributed by atoms with E-state index in [-0.39, 0.29) is 5.97 Å². The van der Waals surface area contributed by atoms with Crippen molar-refractivity contribution in [3.8, 4) is 0 Å². The maximum Gasteiger partial charge on any atom is 0.337 e. The molecule has 3 heteroatoms. The fraction of sp³-hybridized carbons (Fsp3) is 0.364. The van der Waals surface area contributed by atoms with E-state index in [9.17, 15) is 4.79 Å². The molecule has 0 unspecified atom stereocenters. The summed E-state index contributed by atoms with van der Waals surface area (Å²) in [6.07, 6.45) is 0. The Morgan fingerprint density at radius 3 is 2.36 bits per heavy atom. The summed E-state index contributed by atoms with van der Waals surface area (Å²) in [4.78, 5) is 11.0. The topological polar surface area (TPSA) is 26.3 Å². The van der Waals surface area contributed by atoms with Crippen molar-refractivity contribution in [3.63, 3.8) is 0 Å². The van der Waals surface area contributed by atoms with Crippen LogP contribution >= 0.6 is 15.9 Å². The van der Waals surface area contributed by atoms with Gasteiger partial charge in [0.25, 0.3) is 0 Å². The predicted molar refractivity (Wildman–Crippen MR) is 61.6 cm³/mol. The van der Waals surface area contributed by atoms with Crippen molar-refractivity contribution in [3.05, 3.63) is 33.8 Å². The average Bonchev–Trinajstić information content (AvgIpc) is 2.24. The molecule has 0 bridgehead atoms. The van der Waals surface area contributed by atoms with Gasteiger partial charge in [-0.25, -0.2) is 4.79 Å². The number of aryl methyl sites for hydroxylation is 1. The number of carbonyl (C=O) groups is 1. The van der Waals surface area contributed by atoms with Gasteiger partial charge >= 0.3 is 5.97 Å². The Balaban J connectivity index is 0.000000791. The Hall–Kier alpha value is -0.830. The van der Waals surface area contributed by atoms with Crippen LogP contribution in [0.3, 0.4) is 0 Å². The van der Waals surface area contributed by atoms with Gasteiger partial charge in [-0.2, -0.15) is 0 Å². The van der Waals surface area contributed by atoms with Crippen LogP contribution in [-0.2, 0) is 4.74 Å². The number of rotatable bonds is 1. The van der Waals surface area contributed by atoms with Crippen LogP contribution in [0.4, 0.5) is 0 Å². The Bertz CT molecular complexity index is 308. The quantitative estimate of drug-likeness (QED) is 0.720. The summed E-state index contributed by atoms with van der Waals surface area (Å²) in [5.41, 5.74) is 1.66. The lowest BCUT2D eigenvalue weighted by molar-refractivity contribution is 0.0600. The summed E-state index contributed by atoms with van der Waals surface area (Å²) in [5, 5.41) is 0. The van der Waals surface area contributed by atoms with E-state index < -0.39 is 0 Å². The molecule has 78 valence electrons. The Labute approximate surface area is 93.4 Å². The van der Waals surface area contributed by atoms with Crippen LogP contribution in [0.5, 0.6) is 0 Å². The molecule has 0 saturated carbocycles. The van der Waals surface area contributed by atoms with Crippen LogP contribution < -0.4 is 0 Å². The number of hydrogen-bond donors (Lipinski definition) is 0. The van der Waals surface area contributed by atoms with Crippen molar-refractivity contribution < 1.29 is 9.53 Å². The maximum atomic E-state index is 11.0. The fourth-order valence-electron chi connectivity index (χ4n) is 0.838. The summed E-state index contributed by atoms with van der Waals surface area (Å²) < 4.78 is 5.49. The fourth-order valence-corrected chi connectivity index (χ4v) is 1.22. The molecule has 0 N–H and O–H groups in total. The summed E-state index contributed by atoms with van der Waals surface area (Å²) in [6, 6.07) is 5.36. The second-order valence-corrected chi connectivity index (χ2v) is 3.31. The molecule has 1 rings (SSSR count). The number of hydrogen-bond acceptors (Lipinski definition) is 2. The molecule has 0 aliphatic carbocycles. The van der Waals surface area contributed by atoms with E-state index in [2.05, 4.69) is 20.7 Å². The Kier molecular flexibility index (Phi) is 6.21. The van der Waals surface area contributed by atoms with Gasteiger partial charge in [-0.15, -0.1) is 0 Å². The van der Waals surface area contributed by atoms with E-state index in [4.69, 9.17) is 0 Å². The van der Waals surface area contributed by atoms with Gasteiger partial charge in [0.15, 0.2) is 0 Å². The molecule has 0 heterocycles. The molecule has 1 aromatic carbocycles. The Morgan fingerprint density at radius 2 is 1.93 bits per heavy atom. The van der Waals surface area contributed by atoms with E-state index in [1.165, 1.54) is 7.11 Å². The second kappa shape index (κ2) is 6.60. The first-order valence-electron chi connectivity index (χ1n) is 4.49. The number of benzene rings is 1.